The van der Waals surface area contributed by atoms with Gasteiger partial charge >= 0.3 is 0 Å². The first-order valence-corrected chi connectivity index (χ1v) is 8.26. The number of ether oxygens (including phenoxy) is 1. The van der Waals surface area contributed by atoms with Crippen molar-refractivity contribution >= 4 is 0 Å². The Labute approximate surface area is 133 Å². The normalized spacial score (nSPS) is 20.9. The highest BCUT2D eigenvalue weighted by molar-refractivity contribution is 5.37. The van der Waals surface area contributed by atoms with Gasteiger partial charge in [-0.25, -0.2) is 0 Å². The minimum absolute atomic E-state index is 0.195. The highest BCUT2D eigenvalue weighted by Gasteiger charge is 2.31. The third kappa shape index (κ3) is 3.43. The number of fused-ring (bicyclic) bond motifs is 1. The number of hydrogen-bond donors (Lipinski definition) is 1. The van der Waals surface area contributed by atoms with Gasteiger partial charge in [0.15, 0.2) is 0 Å². The minimum Gasteiger partial charge on any atom is -0.494 e. The molecule has 0 amide bonds. The van der Waals surface area contributed by atoms with Crippen LogP contribution in [0, 0.1) is 16.7 Å². The first kappa shape index (κ1) is 15.3. The third-order valence-electron chi connectivity index (χ3n) is 5.03. The molecule has 22 heavy (non-hydrogen) atoms. The molecule has 2 heterocycles. The second-order valence-corrected chi connectivity index (χ2v) is 6.66. The summed E-state index contributed by atoms with van der Waals surface area (Å²) in [5, 5.41) is 12.8. The van der Waals surface area contributed by atoms with Crippen LogP contribution in [0.5, 0.6) is 5.75 Å². The molecule has 0 radical (unpaired) electrons. The van der Waals surface area contributed by atoms with E-state index in [9.17, 15) is 5.26 Å². The fraction of sp³-hybridized carbons (Fsp3) is 0.611. The molecule has 0 spiro atoms. The predicted octanol–water partition coefficient (Wildman–Crippen LogP) is 2.34. The molecule has 1 N–H and O–H groups in total. The monoisotopic (exact) mass is 299 g/mol. The lowest BCUT2D eigenvalue weighted by Crippen LogP contribution is -2.36. The Balaban J connectivity index is 1.58. The summed E-state index contributed by atoms with van der Waals surface area (Å²) in [6, 6.07) is 8.98. The quantitative estimate of drug-likeness (QED) is 0.927. The van der Waals surface area contributed by atoms with Gasteiger partial charge in [-0.2, -0.15) is 5.26 Å². The van der Waals surface area contributed by atoms with Gasteiger partial charge in [0.2, 0.25) is 0 Å². The standard InChI is InChI=1S/C18H25N3O/c1-21-10-4-15-2-3-17(12-16(15)13-21)22-11-7-18(14-19)5-8-20-9-6-18/h2-3,12,20H,4-11,13H2,1H3. The van der Waals surface area contributed by atoms with Crippen LogP contribution in [-0.4, -0.2) is 38.2 Å². The lowest BCUT2D eigenvalue weighted by Gasteiger charge is -2.31. The largest absolute Gasteiger partial charge is 0.494 e. The Bertz CT molecular complexity index is 558. The van der Waals surface area contributed by atoms with Gasteiger partial charge in [-0.15, -0.1) is 0 Å². The number of benzene rings is 1. The van der Waals surface area contributed by atoms with Crippen LogP contribution in [-0.2, 0) is 13.0 Å². The molecular weight excluding hydrogens is 274 g/mol. The van der Waals surface area contributed by atoms with Gasteiger partial charge in [0.25, 0.3) is 0 Å². The molecule has 0 aromatic heterocycles. The van der Waals surface area contributed by atoms with E-state index in [2.05, 4.69) is 41.5 Å². The molecule has 0 unspecified atom stereocenters. The summed E-state index contributed by atoms with van der Waals surface area (Å²) in [6.07, 6.45) is 3.81. The van der Waals surface area contributed by atoms with Gasteiger partial charge in [0, 0.05) is 19.5 Å². The average Bonchev–Trinajstić information content (AvgIpc) is 2.55. The van der Waals surface area contributed by atoms with Crippen molar-refractivity contribution in [2.24, 2.45) is 5.41 Å². The van der Waals surface area contributed by atoms with E-state index >= 15 is 0 Å². The molecule has 0 bridgehead atoms. The zero-order chi connectivity index (χ0) is 15.4. The fourth-order valence-electron chi connectivity index (χ4n) is 3.45. The molecule has 0 atom stereocenters. The second kappa shape index (κ2) is 6.68. The molecule has 4 nitrogen and oxygen atoms in total. The Morgan fingerprint density at radius 1 is 1.32 bits per heavy atom. The van der Waals surface area contributed by atoms with Gasteiger partial charge in [0.1, 0.15) is 5.75 Å². The minimum atomic E-state index is -0.195. The Morgan fingerprint density at radius 2 is 2.14 bits per heavy atom. The number of likely N-dealkylation sites (N-methyl/N-ethyl adjacent to an activating group) is 1. The van der Waals surface area contributed by atoms with Gasteiger partial charge in [-0.1, -0.05) is 6.07 Å². The third-order valence-corrected chi connectivity index (χ3v) is 5.03. The maximum atomic E-state index is 9.49. The lowest BCUT2D eigenvalue weighted by molar-refractivity contribution is 0.201. The van der Waals surface area contributed by atoms with Gasteiger partial charge in [0.05, 0.1) is 18.1 Å². The van der Waals surface area contributed by atoms with Gasteiger partial charge < -0.3 is 15.0 Å². The summed E-state index contributed by atoms with van der Waals surface area (Å²) in [7, 11) is 2.16. The van der Waals surface area contributed by atoms with E-state index in [0.717, 1.165) is 57.6 Å². The van der Waals surface area contributed by atoms with Crippen molar-refractivity contribution in [3.63, 3.8) is 0 Å². The number of nitriles is 1. The maximum Gasteiger partial charge on any atom is 0.119 e. The molecule has 0 aliphatic carbocycles. The summed E-state index contributed by atoms with van der Waals surface area (Å²) >= 11 is 0. The van der Waals surface area contributed by atoms with E-state index in [1.807, 2.05) is 0 Å². The van der Waals surface area contributed by atoms with Crippen LogP contribution in [0.1, 0.15) is 30.4 Å². The van der Waals surface area contributed by atoms with Gasteiger partial charge in [-0.3, -0.25) is 0 Å². The zero-order valence-electron chi connectivity index (χ0n) is 13.4. The molecule has 0 saturated carbocycles. The van der Waals surface area contributed by atoms with Crippen LogP contribution in [0.15, 0.2) is 18.2 Å². The molecule has 1 aromatic rings. The molecule has 4 heteroatoms. The van der Waals surface area contributed by atoms with Crippen LogP contribution in [0.25, 0.3) is 0 Å². The highest BCUT2D eigenvalue weighted by atomic mass is 16.5. The molecular formula is C18H25N3O. The van der Waals surface area contributed by atoms with Crippen LogP contribution >= 0.6 is 0 Å². The number of hydrogen-bond acceptors (Lipinski definition) is 4. The van der Waals surface area contributed by atoms with Crippen LogP contribution < -0.4 is 10.1 Å². The molecule has 1 aromatic carbocycles. The number of nitrogens with one attached hydrogen (secondary N) is 1. The first-order valence-electron chi connectivity index (χ1n) is 8.26. The van der Waals surface area contributed by atoms with Crippen molar-refractivity contribution in [2.45, 2.75) is 32.2 Å². The average molecular weight is 299 g/mol. The number of piperidine rings is 1. The smallest absolute Gasteiger partial charge is 0.119 e. The summed E-state index contributed by atoms with van der Waals surface area (Å²) < 4.78 is 5.95. The lowest BCUT2D eigenvalue weighted by atomic mass is 9.78. The zero-order valence-corrected chi connectivity index (χ0v) is 13.4. The molecule has 118 valence electrons. The summed E-state index contributed by atoms with van der Waals surface area (Å²) in [4.78, 5) is 2.34. The molecule has 1 saturated heterocycles. The van der Waals surface area contributed by atoms with Crippen LogP contribution in [0.3, 0.4) is 0 Å². The molecule has 1 fully saturated rings. The fourth-order valence-corrected chi connectivity index (χ4v) is 3.45. The topological polar surface area (TPSA) is 48.3 Å². The highest BCUT2D eigenvalue weighted by Crippen LogP contribution is 2.32. The Hall–Kier alpha value is -1.57. The van der Waals surface area contributed by atoms with E-state index < -0.39 is 0 Å². The SMILES string of the molecule is CN1CCc2ccc(OCCC3(C#N)CCNCC3)cc2C1. The first-order chi connectivity index (χ1) is 10.7. The number of rotatable bonds is 4. The van der Waals surface area contributed by atoms with E-state index in [-0.39, 0.29) is 5.41 Å². The van der Waals surface area contributed by atoms with Crippen molar-refractivity contribution in [2.75, 3.05) is 33.3 Å². The summed E-state index contributed by atoms with van der Waals surface area (Å²) in [6.45, 7) is 4.64. The second-order valence-electron chi connectivity index (χ2n) is 6.66. The predicted molar refractivity (Wildman–Crippen MR) is 86.7 cm³/mol. The maximum absolute atomic E-state index is 9.49. The number of nitrogens with zero attached hydrogens (tertiary/aromatic N) is 2. The van der Waals surface area contributed by atoms with Crippen molar-refractivity contribution in [1.29, 1.82) is 5.26 Å². The van der Waals surface area contributed by atoms with Crippen molar-refractivity contribution in [1.82, 2.24) is 10.2 Å². The van der Waals surface area contributed by atoms with Crippen LogP contribution in [0.2, 0.25) is 0 Å². The van der Waals surface area contributed by atoms with Gasteiger partial charge in [-0.05, 0) is 62.7 Å². The Morgan fingerprint density at radius 3 is 2.91 bits per heavy atom. The van der Waals surface area contributed by atoms with Crippen molar-refractivity contribution < 1.29 is 4.74 Å². The van der Waals surface area contributed by atoms with E-state index in [1.54, 1.807) is 0 Å². The molecule has 2 aliphatic rings. The van der Waals surface area contributed by atoms with Crippen LogP contribution in [0.4, 0.5) is 0 Å². The van der Waals surface area contributed by atoms with E-state index in [0.29, 0.717) is 6.61 Å². The molecule has 3 rings (SSSR count). The van der Waals surface area contributed by atoms with Crippen molar-refractivity contribution in [3.05, 3.63) is 29.3 Å². The van der Waals surface area contributed by atoms with E-state index in [1.165, 1.54) is 11.1 Å². The summed E-state index contributed by atoms with van der Waals surface area (Å²) in [5.41, 5.74) is 2.63. The molecule has 2 aliphatic heterocycles. The summed E-state index contributed by atoms with van der Waals surface area (Å²) in [5.74, 6) is 0.941. The van der Waals surface area contributed by atoms with E-state index in [4.69, 9.17) is 4.74 Å². The van der Waals surface area contributed by atoms with Crippen molar-refractivity contribution in [3.8, 4) is 11.8 Å². The Kier molecular flexibility index (Phi) is 4.66.